The number of fused-ring (bicyclic) bond motifs is 1. The second-order valence-electron chi connectivity index (χ2n) is 7.74. The molecule has 0 aliphatic carbocycles. The van der Waals surface area contributed by atoms with Crippen molar-refractivity contribution in [1.82, 2.24) is 10.6 Å². The zero-order chi connectivity index (χ0) is 21.2. The summed E-state index contributed by atoms with van der Waals surface area (Å²) in [7, 11) is 0. The predicted molar refractivity (Wildman–Crippen MR) is 137 cm³/mol. The van der Waals surface area contributed by atoms with Crippen molar-refractivity contribution in [2.24, 2.45) is 10.9 Å². The number of ether oxygens (including phenoxy) is 1. The van der Waals surface area contributed by atoms with E-state index in [9.17, 15) is 4.79 Å². The molecule has 1 aliphatic rings. The summed E-state index contributed by atoms with van der Waals surface area (Å²) in [4.78, 5) is 16.7. The van der Waals surface area contributed by atoms with Crippen LogP contribution in [0.15, 0.2) is 59.6 Å². The van der Waals surface area contributed by atoms with E-state index in [4.69, 9.17) is 9.73 Å². The Morgan fingerprint density at radius 3 is 2.68 bits per heavy atom. The van der Waals surface area contributed by atoms with E-state index in [1.165, 1.54) is 11.1 Å². The van der Waals surface area contributed by atoms with Crippen molar-refractivity contribution in [3.63, 3.8) is 0 Å². The first-order chi connectivity index (χ1) is 14.7. The topological polar surface area (TPSA) is 74.8 Å². The molecular formula is C24H33IN4O2. The van der Waals surface area contributed by atoms with Crippen LogP contribution in [-0.2, 0) is 16.1 Å². The number of para-hydroxylation sites is 1. The average Bonchev–Trinajstić information content (AvgIpc) is 2.76. The Balaban J connectivity index is 0.00000341. The van der Waals surface area contributed by atoms with Gasteiger partial charge in [-0.1, -0.05) is 55.5 Å². The van der Waals surface area contributed by atoms with E-state index in [0.717, 1.165) is 18.2 Å². The van der Waals surface area contributed by atoms with E-state index >= 15 is 0 Å². The lowest BCUT2D eigenvalue weighted by molar-refractivity contribution is -0.116. The number of hydrogen-bond acceptors (Lipinski definition) is 3. The van der Waals surface area contributed by atoms with Gasteiger partial charge in [0.1, 0.15) is 0 Å². The van der Waals surface area contributed by atoms with Crippen LogP contribution >= 0.6 is 24.0 Å². The van der Waals surface area contributed by atoms with Crippen LogP contribution in [0.1, 0.15) is 37.3 Å². The predicted octanol–water partition coefficient (Wildman–Crippen LogP) is 4.14. The van der Waals surface area contributed by atoms with Gasteiger partial charge in [0.05, 0.1) is 13.2 Å². The van der Waals surface area contributed by atoms with Crippen molar-refractivity contribution >= 4 is 41.5 Å². The van der Waals surface area contributed by atoms with E-state index in [-0.39, 0.29) is 35.8 Å². The number of aliphatic imine (C=N–C) groups is 1. The van der Waals surface area contributed by atoms with Crippen molar-refractivity contribution in [3.8, 4) is 0 Å². The number of benzene rings is 2. The third-order valence-electron chi connectivity index (χ3n) is 5.04. The Bertz CT molecular complexity index is 844. The van der Waals surface area contributed by atoms with Crippen LogP contribution in [0, 0.1) is 5.92 Å². The highest BCUT2D eigenvalue weighted by Crippen LogP contribution is 2.31. The second kappa shape index (κ2) is 13.3. The Hall–Kier alpha value is -2.13. The number of carbonyl (C=O) groups is 1. The summed E-state index contributed by atoms with van der Waals surface area (Å²) >= 11 is 0. The Morgan fingerprint density at radius 1 is 1.16 bits per heavy atom. The van der Waals surface area contributed by atoms with Crippen LogP contribution < -0.4 is 16.0 Å². The number of hydrogen-bond donors (Lipinski definition) is 3. The summed E-state index contributed by atoms with van der Waals surface area (Å²) in [6.45, 7) is 7.59. The second-order valence-corrected chi connectivity index (χ2v) is 7.74. The zero-order valence-corrected chi connectivity index (χ0v) is 20.6. The molecule has 6 nitrogen and oxygen atoms in total. The number of guanidine groups is 1. The summed E-state index contributed by atoms with van der Waals surface area (Å²) in [6, 6.07) is 18.2. The van der Waals surface area contributed by atoms with Crippen molar-refractivity contribution in [3.05, 3.63) is 65.7 Å². The molecule has 2 unspecified atom stereocenters. The Labute approximate surface area is 202 Å². The smallest absolute Gasteiger partial charge is 0.225 e. The normalized spacial score (nSPS) is 16.5. The van der Waals surface area contributed by atoms with E-state index < -0.39 is 0 Å². The van der Waals surface area contributed by atoms with Crippen LogP contribution in [0.25, 0.3) is 0 Å². The molecular weight excluding hydrogens is 503 g/mol. The maximum absolute atomic E-state index is 12.0. The van der Waals surface area contributed by atoms with Gasteiger partial charge in [-0.3, -0.25) is 9.79 Å². The summed E-state index contributed by atoms with van der Waals surface area (Å²) < 4.78 is 5.83. The Morgan fingerprint density at radius 2 is 1.90 bits per heavy atom. The van der Waals surface area contributed by atoms with Gasteiger partial charge in [0, 0.05) is 37.7 Å². The van der Waals surface area contributed by atoms with Gasteiger partial charge in [0.2, 0.25) is 5.91 Å². The van der Waals surface area contributed by atoms with Crippen LogP contribution in [-0.4, -0.2) is 38.1 Å². The molecule has 1 heterocycles. The highest BCUT2D eigenvalue weighted by molar-refractivity contribution is 14.0. The Kier molecular flexibility index (Phi) is 10.8. The van der Waals surface area contributed by atoms with Crippen LogP contribution in [0.4, 0.5) is 5.69 Å². The van der Waals surface area contributed by atoms with Crippen LogP contribution in [0.3, 0.4) is 0 Å². The van der Waals surface area contributed by atoms with Gasteiger partial charge < -0.3 is 20.7 Å². The molecule has 3 N–H and O–H groups in total. The summed E-state index contributed by atoms with van der Waals surface area (Å²) in [5.41, 5.74) is 3.26. The van der Waals surface area contributed by atoms with Gasteiger partial charge in [-0.15, -0.1) is 24.0 Å². The van der Waals surface area contributed by atoms with Gasteiger partial charge in [0.15, 0.2) is 5.96 Å². The van der Waals surface area contributed by atoms with Gasteiger partial charge in [-0.2, -0.15) is 0 Å². The first kappa shape index (κ1) is 25.1. The molecule has 168 valence electrons. The van der Waals surface area contributed by atoms with E-state index in [1.54, 1.807) is 0 Å². The highest BCUT2D eigenvalue weighted by atomic mass is 127. The third kappa shape index (κ3) is 8.14. The number of anilines is 1. The highest BCUT2D eigenvalue weighted by Gasteiger charge is 2.24. The lowest BCUT2D eigenvalue weighted by atomic mass is 9.90. The standard InChI is InChI=1S/C24H32N4O2.HI/c1-3-25-24(26-14-18(2)16-30-17-19-9-5-4-6-10-19)27-15-20-13-23(29)28-22-12-8-7-11-21(20)22;/h4-12,18,20H,3,13-17H2,1-2H3,(H,28,29)(H2,25,26,27);1H. The van der Waals surface area contributed by atoms with E-state index in [0.29, 0.717) is 38.6 Å². The molecule has 7 heteroatoms. The number of rotatable bonds is 9. The van der Waals surface area contributed by atoms with Crippen molar-refractivity contribution in [2.45, 2.75) is 32.8 Å². The number of nitrogens with zero attached hydrogens (tertiary/aromatic N) is 1. The maximum Gasteiger partial charge on any atom is 0.225 e. The first-order valence-electron chi connectivity index (χ1n) is 10.7. The summed E-state index contributed by atoms with van der Waals surface area (Å²) in [5, 5.41) is 9.65. The average molecular weight is 536 g/mol. The van der Waals surface area contributed by atoms with Crippen LogP contribution in [0.2, 0.25) is 0 Å². The fourth-order valence-electron chi connectivity index (χ4n) is 3.50. The van der Waals surface area contributed by atoms with Gasteiger partial charge >= 0.3 is 0 Å². The zero-order valence-electron chi connectivity index (χ0n) is 18.3. The summed E-state index contributed by atoms with van der Waals surface area (Å²) in [5.74, 6) is 1.28. The summed E-state index contributed by atoms with van der Waals surface area (Å²) in [6.07, 6.45) is 0.479. The minimum Gasteiger partial charge on any atom is -0.376 e. The molecule has 31 heavy (non-hydrogen) atoms. The molecule has 0 bridgehead atoms. The fraction of sp³-hybridized carbons (Fsp3) is 0.417. The van der Waals surface area contributed by atoms with Gasteiger partial charge in [-0.05, 0) is 30.0 Å². The molecule has 0 fully saturated rings. The number of amides is 1. The molecule has 0 saturated heterocycles. The quantitative estimate of drug-likeness (QED) is 0.256. The van der Waals surface area contributed by atoms with Crippen molar-refractivity contribution in [2.75, 3.05) is 31.6 Å². The molecule has 0 spiro atoms. The lowest BCUT2D eigenvalue weighted by Crippen LogP contribution is -2.41. The number of nitrogens with one attached hydrogen (secondary N) is 3. The minimum absolute atomic E-state index is 0. The van der Waals surface area contributed by atoms with E-state index in [2.05, 4.69) is 41.1 Å². The van der Waals surface area contributed by atoms with Crippen molar-refractivity contribution < 1.29 is 9.53 Å². The minimum atomic E-state index is 0. The number of halogens is 1. The monoisotopic (exact) mass is 536 g/mol. The molecule has 0 aromatic heterocycles. The molecule has 0 saturated carbocycles. The van der Waals surface area contributed by atoms with E-state index in [1.807, 2.05) is 43.3 Å². The SMILES string of the molecule is CCNC(=NCC(C)COCc1ccccc1)NCC1CC(=O)Nc2ccccc21.I. The molecule has 2 aromatic carbocycles. The fourth-order valence-corrected chi connectivity index (χ4v) is 3.50. The lowest BCUT2D eigenvalue weighted by Gasteiger charge is -2.26. The molecule has 1 amide bonds. The number of carbonyl (C=O) groups excluding carboxylic acids is 1. The van der Waals surface area contributed by atoms with Gasteiger partial charge in [-0.25, -0.2) is 0 Å². The molecule has 3 rings (SSSR count). The third-order valence-corrected chi connectivity index (χ3v) is 5.04. The largest absolute Gasteiger partial charge is 0.376 e. The molecule has 2 aromatic rings. The first-order valence-corrected chi connectivity index (χ1v) is 10.7. The molecule has 0 radical (unpaired) electrons. The van der Waals surface area contributed by atoms with Crippen LogP contribution in [0.5, 0.6) is 0 Å². The van der Waals surface area contributed by atoms with Crippen molar-refractivity contribution in [1.29, 1.82) is 0 Å². The maximum atomic E-state index is 12.0. The molecule has 2 atom stereocenters. The molecule has 1 aliphatic heterocycles. The van der Waals surface area contributed by atoms with Gasteiger partial charge in [0.25, 0.3) is 0 Å².